The van der Waals surface area contributed by atoms with Crippen molar-refractivity contribution in [3.63, 3.8) is 0 Å². The van der Waals surface area contributed by atoms with Gasteiger partial charge < -0.3 is 10.8 Å². The van der Waals surface area contributed by atoms with Crippen LogP contribution < -0.4 is 5.73 Å². The lowest BCUT2D eigenvalue weighted by Gasteiger charge is -2.15. The molecule has 2 atom stereocenters. The molecule has 0 bridgehead atoms. The average Bonchev–Trinajstić information content (AvgIpc) is 2.51. The Hall–Kier alpha value is -1.02. The minimum Gasteiger partial charge on any atom is -0.508 e. The molecule has 0 spiro atoms. The van der Waals surface area contributed by atoms with Crippen LogP contribution >= 0.6 is 0 Å². The van der Waals surface area contributed by atoms with Gasteiger partial charge in [0.05, 0.1) is 0 Å². The summed E-state index contributed by atoms with van der Waals surface area (Å²) >= 11 is 0. The molecule has 0 aliphatic heterocycles. The Morgan fingerprint density at radius 1 is 1.31 bits per heavy atom. The number of benzene rings is 1. The Morgan fingerprint density at radius 3 is 2.77 bits per heavy atom. The Morgan fingerprint density at radius 2 is 2.15 bits per heavy atom. The van der Waals surface area contributed by atoms with Crippen molar-refractivity contribution in [2.24, 2.45) is 5.73 Å². The standard InChI is InChI=1S/C11H15NO/c12-11-6-2-5-10(11)8-3-1-4-9(13)7-8/h1,3-4,7,10-11,13H,2,5-6,12H2/t10-,11-/m1/s1. The fourth-order valence-electron chi connectivity index (χ4n) is 2.16. The molecule has 0 amide bonds. The van der Waals surface area contributed by atoms with E-state index in [1.54, 1.807) is 6.07 Å². The predicted molar refractivity (Wildman–Crippen MR) is 52.7 cm³/mol. The van der Waals surface area contributed by atoms with Crippen molar-refractivity contribution in [1.29, 1.82) is 0 Å². The molecule has 1 aliphatic rings. The molecule has 0 radical (unpaired) electrons. The van der Waals surface area contributed by atoms with Crippen LogP contribution in [0.3, 0.4) is 0 Å². The SMILES string of the molecule is N[C@@H]1CCC[C@@H]1c1cccc(O)c1. The molecule has 2 rings (SSSR count). The molecule has 1 saturated carbocycles. The summed E-state index contributed by atoms with van der Waals surface area (Å²) in [6.45, 7) is 0. The van der Waals surface area contributed by atoms with Gasteiger partial charge in [0.2, 0.25) is 0 Å². The van der Waals surface area contributed by atoms with Crippen molar-refractivity contribution in [2.45, 2.75) is 31.2 Å². The van der Waals surface area contributed by atoms with Crippen molar-refractivity contribution in [2.75, 3.05) is 0 Å². The summed E-state index contributed by atoms with van der Waals surface area (Å²) in [4.78, 5) is 0. The molecule has 70 valence electrons. The van der Waals surface area contributed by atoms with Gasteiger partial charge in [0.1, 0.15) is 5.75 Å². The minimum atomic E-state index is 0.279. The zero-order chi connectivity index (χ0) is 9.26. The molecule has 0 unspecified atom stereocenters. The number of nitrogens with two attached hydrogens (primary N) is 1. The van der Waals surface area contributed by atoms with Gasteiger partial charge in [-0.05, 0) is 36.5 Å². The van der Waals surface area contributed by atoms with E-state index < -0.39 is 0 Å². The van der Waals surface area contributed by atoms with E-state index in [2.05, 4.69) is 6.07 Å². The highest BCUT2D eigenvalue weighted by molar-refractivity contribution is 5.31. The van der Waals surface area contributed by atoms with Crippen molar-refractivity contribution >= 4 is 0 Å². The summed E-state index contributed by atoms with van der Waals surface area (Å²) in [7, 11) is 0. The van der Waals surface area contributed by atoms with Gasteiger partial charge in [-0.1, -0.05) is 18.6 Å². The topological polar surface area (TPSA) is 46.2 Å². The van der Waals surface area contributed by atoms with E-state index in [0.29, 0.717) is 11.7 Å². The first kappa shape index (κ1) is 8.57. The van der Waals surface area contributed by atoms with Crippen LogP contribution in [0.25, 0.3) is 0 Å². The van der Waals surface area contributed by atoms with Crippen LogP contribution in [-0.4, -0.2) is 11.1 Å². The number of phenolic OH excluding ortho intramolecular Hbond substituents is 1. The van der Waals surface area contributed by atoms with Crippen LogP contribution in [-0.2, 0) is 0 Å². The maximum atomic E-state index is 9.32. The van der Waals surface area contributed by atoms with Gasteiger partial charge >= 0.3 is 0 Å². The molecule has 1 aromatic carbocycles. The third kappa shape index (κ3) is 1.68. The molecule has 1 aliphatic carbocycles. The number of phenols is 1. The number of hydrogen-bond donors (Lipinski definition) is 2. The first-order valence-electron chi connectivity index (χ1n) is 4.82. The molecular weight excluding hydrogens is 162 g/mol. The molecular formula is C11H15NO. The molecule has 2 heteroatoms. The largest absolute Gasteiger partial charge is 0.508 e. The number of hydrogen-bond acceptors (Lipinski definition) is 2. The van der Waals surface area contributed by atoms with E-state index in [-0.39, 0.29) is 6.04 Å². The minimum absolute atomic E-state index is 0.279. The van der Waals surface area contributed by atoms with Crippen LogP contribution in [0.5, 0.6) is 5.75 Å². The second kappa shape index (κ2) is 3.38. The van der Waals surface area contributed by atoms with E-state index >= 15 is 0 Å². The lowest BCUT2D eigenvalue weighted by molar-refractivity contribution is 0.473. The van der Waals surface area contributed by atoms with Crippen molar-refractivity contribution in [3.05, 3.63) is 29.8 Å². The van der Waals surface area contributed by atoms with Gasteiger partial charge in [-0.3, -0.25) is 0 Å². The Bertz CT molecular complexity index is 298. The predicted octanol–water partition coefficient (Wildman–Crippen LogP) is 1.99. The van der Waals surface area contributed by atoms with Crippen LogP contribution in [0, 0.1) is 0 Å². The molecule has 3 N–H and O–H groups in total. The first-order valence-corrected chi connectivity index (χ1v) is 4.82. The maximum absolute atomic E-state index is 9.32. The van der Waals surface area contributed by atoms with Crippen molar-refractivity contribution < 1.29 is 5.11 Å². The Kier molecular flexibility index (Phi) is 2.23. The fourth-order valence-corrected chi connectivity index (χ4v) is 2.16. The van der Waals surface area contributed by atoms with Crippen molar-refractivity contribution in [3.8, 4) is 5.75 Å². The van der Waals surface area contributed by atoms with Crippen LogP contribution in [0.15, 0.2) is 24.3 Å². The summed E-state index contributed by atoms with van der Waals surface area (Å²) in [6.07, 6.45) is 3.48. The van der Waals surface area contributed by atoms with E-state index in [9.17, 15) is 5.11 Å². The van der Waals surface area contributed by atoms with Gasteiger partial charge in [0.25, 0.3) is 0 Å². The monoisotopic (exact) mass is 177 g/mol. The van der Waals surface area contributed by atoms with Crippen molar-refractivity contribution in [1.82, 2.24) is 0 Å². The molecule has 1 aromatic rings. The number of rotatable bonds is 1. The highest BCUT2D eigenvalue weighted by Crippen LogP contribution is 2.34. The van der Waals surface area contributed by atoms with E-state index in [0.717, 1.165) is 12.8 Å². The molecule has 13 heavy (non-hydrogen) atoms. The van der Waals surface area contributed by atoms with E-state index in [1.165, 1.54) is 12.0 Å². The van der Waals surface area contributed by atoms with E-state index in [1.807, 2.05) is 12.1 Å². The molecule has 0 aromatic heterocycles. The first-order chi connectivity index (χ1) is 6.27. The average molecular weight is 177 g/mol. The second-order valence-corrected chi connectivity index (χ2v) is 3.80. The van der Waals surface area contributed by atoms with Gasteiger partial charge in [0, 0.05) is 6.04 Å². The summed E-state index contributed by atoms with van der Waals surface area (Å²) in [5.74, 6) is 0.795. The Labute approximate surface area is 78.4 Å². The summed E-state index contributed by atoms with van der Waals surface area (Å²) in [6, 6.07) is 7.74. The zero-order valence-corrected chi connectivity index (χ0v) is 7.61. The van der Waals surface area contributed by atoms with Crippen LogP contribution in [0.4, 0.5) is 0 Å². The zero-order valence-electron chi connectivity index (χ0n) is 7.61. The molecule has 1 fully saturated rings. The maximum Gasteiger partial charge on any atom is 0.115 e. The molecule has 0 heterocycles. The quantitative estimate of drug-likeness (QED) is 0.689. The third-order valence-corrected chi connectivity index (χ3v) is 2.87. The highest BCUT2D eigenvalue weighted by Gasteiger charge is 2.25. The lowest BCUT2D eigenvalue weighted by atomic mass is 9.94. The second-order valence-electron chi connectivity index (χ2n) is 3.80. The lowest BCUT2D eigenvalue weighted by Crippen LogP contribution is -2.22. The fraction of sp³-hybridized carbons (Fsp3) is 0.455. The highest BCUT2D eigenvalue weighted by atomic mass is 16.3. The van der Waals surface area contributed by atoms with Crippen LogP contribution in [0.2, 0.25) is 0 Å². The third-order valence-electron chi connectivity index (χ3n) is 2.87. The molecule has 0 saturated heterocycles. The van der Waals surface area contributed by atoms with Gasteiger partial charge in [-0.25, -0.2) is 0 Å². The molecule has 2 nitrogen and oxygen atoms in total. The summed E-state index contributed by atoms with van der Waals surface area (Å²) in [5.41, 5.74) is 7.16. The normalized spacial score (nSPS) is 27.8. The smallest absolute Gasteiger partial charge is 0.115 e. The van der Waals surface area contributed by atoms with Crippen LogP contribution in [0.1, 0.15) is 30.7 Å². The van der Waals surface area contributed by atoms with E-state index in [4.69, 9.17) is 5.73 Å². The summed E-state index contributed by atoms with van der Waals surface area (Å²) < 4.78 is 0. The number of aromatic hydroxyl groups is 1. The van der Waals surface area contributed by atoms with Gasteiger partial charge in [-0.15, -0.1) is 0 Å². The summed E-state index contributed by atoms with van der Waals surface area (Å²) in [5, 5.41) is 9.32. The Balaban J connectivity index is 2.24. The van der Waals surface area contributed by atoms with Gasteiger partial charge in [0.15, 0.2) is 0 Å². The van der Waals surface area contributed by atoms with Gasteiger partial charge in [-0.2, -0.15) is 0 Å².